The summed E-state index contributed by atoms with van der Waals surface area (Å²) in [6, 6.07) is 3.75. The topological polar surface area (TPSA) is 114 Å². The van der Waals surface area contributed by atoms with Crippen molar-refractivity contribution in [2.24, 2.45) is 5.92 Å². The summed E-state index contributed by atoms with van der Waals surface area (Å²) >= 11 is 0. The molecule has 0 aliphatic rings. The highest BCUT2D eigenvalue weighted by molar-refractivity contribution is 5.92. The van der Waals surface area contributed by atoms with E-state index in [1.54, 1.807) is 41.5 Å². The summed E-state index contributed by atoms with van der Waals surface area (Å²) in [4.78, 5) is 52.4. The molecule has 0 fully saturated rings. The fourth-order valence-corrected chi connectivity index (χ4v) is 3.67. The number of alkyl carbamates (subject to hydrolysis) is 1. The molecule has 0 spiro atoms. The van der Waals surface area contributed by atoms with Crippen LogP contribution in [0.1, 0.15) is 70.7 Å². The number of amides is 3. The van der Waals surface area contributed by atoms with E-state index in [0.29, 0.717) is 5.56 Å². The molecule has 0 aromatic heterocycles. The lowest BCUT2D eigenvalue weighted by Crippen LogP contribution is -2.54. The predicted molar refractivity (Wildman–Crippen MR) is 134 cm³/mol. The third-order valence-corrected chi connectivity index (χ3v) is 5.34. The van der Waals surface area contributed by atoms with Gasteiger partial charge in [-0.3, -0.25) is 14.4 Å². The molecule has 2 atom stereocenters. The van der Waals surface area contributed by atoms with E-state index in [-0.39, 0.29) is 25.5 Å². The minimum absolute atomic E-state index is 0.0194. The Labute approximate surface area is 208 Å². The zero-order valence-electron chi connectivity index (χ0n) is 22.5. The van der Waals surface area contributed by atoms with Gasteiger partial charge in [-0.15, -0.1) is 0 Å². The first-order valence-electron chi connectivity index (χ1n) is 11.9. The van der Waals surface area contributed by atoms with Gasteiger partial charge in [0.25, 0.3) is 0 Å². The monoisotopic (exact) mass is 491 g/mol. The van der Waals surface area contributed by atoms with Gasteiger partial charge in [-0.05, 0) is 64.2 Å². The molecule has 0 aliphatic carbocycles. The molecule has 3 amide bonds. The number of hydrogen-bond acceptors (Lipinski definition) is 6. The second kappa shape index (κ2) is 13.1. The van der Waals surface area contributed by atoms with Gasteiger partial charge in [0.05, 0.1) is 13.0 Å². The van der Waals surface area contributed by atoms with Crippen LogP contribution in [0.3, 0.4) is 0 Å². The molecule has 35 heavy (non-hydrogen) atoms. The normalized spacial score (nSPS) is 13.0. The van der Waals surface area contributed by atoms with Crippen LogP contribution in [0.25, 0.3) is 0 Å². The third kappa shape index (κ3) is 9.22. The Hall–Kier alpha value is -3.10. The number of esters is 1. The van der Waals surface area contributed by atoms with Crippen LogP contribution >= 0.6 is 0 Å². The Kier molecular flexibility index (Phi) is 11.2. The second-order valence-corrected chi connectivity index (χ2v) is 9.87. The average molecular weight is 492 g/mol. The lowest BCUT2D eigenvalue weighted by atomic mass is 9.93. The molecule has 9 heteroatoms. The van der Waals surface area contributed by atoms with Gasteiger partial charge in [0, 0.05) is 13.6 Å². The Morgan fingerprint density at radius 2 is 1.63 bits per heavy atom. The zero-order valence-corrected chi connectivity index (χ0v) is 22.5. The first-order chi connectivity index (χ1) is 16.2. The number of rotatable bonds is 10. The van der Waals surface area contributed by atoms with Gasteiger partial charge in [-0.25, -0.2) is 4.79 Å². The van der Waals surface area contributed by atoms with Gasteiger partial charge in [0.2, 0.25) is 11.8 Å². The molecule has 196 valence electrons. The van der Waals surface area contributed by atoms with Gasteiger partial charge < -0.3 is 25.0 Å². The molecule has 9 nitrogen and oxygen atoms in total. The van der Waals surface area contributed by atoms with Crippen molar-refractivity contribution in [1.29, 1.82) is 0 Å². The molecule has 0 aliphatic heterocycles. The largest absolute Gasteiger partial charge is 0.466 e. The summed E-state index contributed by atoms with van der Waals surface area (Å²) < 4.78 is 10.2. The lowest BCUT2D eigenvalue weighted by Gasteiger charge is -2.34. The van der Waals surface area contributed by atoms with Crippen LogP contribution in [-0.2, 0) is 23.9 Å². The van der Waals surface area contributed by atoms with E-state index in [9.17, 15) is 19.2 Å². The smallest absolute Gasteiger partial charge is 0.408 e. The van der Waals surface area contributed by atoms with E-state index >= 15 is 0 Å². The summed E-state index contributed by atoms with van der Waals surface area (Å²) in [5.74, 6) is -1.54. The number of nitrogens with one attached hydrogen (secondary N) is 2. The molecule has 2 N–H and O–H groups in total. The molecule has 1 rings (SSSR count). The van der Waals surface area contributed by atoms with Crippen molar-refractivity contribution in [2.75, 3.05) is 20.2 Å². The number of carbonyl (C=O) groups is 4. The molecule has 0 radical (unpaired) electrons. The van der Waals surface area contributed by atoms with Crippen LogP contribution in [-0.4, -0.2) is 60.6 Å². The summed E-state index contributed by atoms with van der Waals surface area (Å²) in [5, 5.41) is 5.41. The quantitative estimate of drug-likeness (QED) is 0.485. The molecule has 1 aromatic carbocycles. The standard InChI is InChI=1S/C26H41N3O6/c1-10-34-19(30)14-15-27-23(31)22(20-17(4)12-11-13-18(20)5)29(9)24(32)21(16(2)3)28-25(33)35-26(6,7)8/h11-13,16,21-22H,10,14-15H2,1-9H3,(H,27,31)(H,28,33). The van der Waals surface area contributed by atoms with Crippen LogP contribution in [0.5, 0.6) is 0 Å². The van der Waals surface area contributed by atoms with Gasteiger partial charge in [0.1, 0.15) is 17.7 Å². The zero-order chi connectivity index (χ0) is 26.9. The van der Waals surface area contributed by atoms with E-state index in [0.717, 1.165) is 11.1 Å². The Morgan fingerprint density at radius 3 is 2.11 bits per heavy atom. The van der Waals surface area contributed by atoms with Crippen LogP contribution in [0, 0.1) is 19.8 Å². The molecule has 0 saturated carbocycles. The minimum Gasteiger partial charge on any atom is -0.466 e. The maximum atomic E-state index is 13.6. The first-order valence-corrected chi connectivity index (χ1v) is 11.9. The Morgan fingerprint density at radius 1 is 1.06 bits per heavy atom. The molecular weight excluding hydrogens is 450 g/mol. The number of likely N-dealkylation sites (N-methyl/N-ethyl adjacent to an activating group) is 1. The van der Waals surface area contributed by atoms with Crippen LogP contribution in [0.2, 0.25) is 0 Å². The molecule has 0 heterocycles. The van der Waals surface area contributed by atoms with E-state index in [4.69, 9.17) is 9.47 Å². The lowest BCUT2D eigenvalue weighted by molar-refractivity contribution is -0.144. The van der Waals surface area contributed by atoms with Gasteiger partial charge in [0.15, 0.2) is 0 Å². The highest BCUT2D eigenvalue weighted by atomic mass is 16.6. The summed E-state index contributed by atoms with van der Waals surface area (Å²) in [5.41, 5.74) is 1.66. The number of nitrogens with zero attached hydrogens (tertiary/aromatic N) is 1. The van der Waals surface area contributed by atoms with Crippen LogP contribution in [0.15, 0.2) is 18.2 Å². The minimum atomic E-state index is -0.965. The second-order valence-electron chi connectivity index (χ2n) is 9.87. The fraction of sp³-hybridized carbons (Fsp3) is 0.615. The number of hydrogen-bond donors (Lipinski definition) is 2. The summed E-state index contributed by atoms with van der Waals surface area (Å²) in [6.45, 7) is 14.6. The number of aryl methyl sites for hydroxylation is 2. The fourth-order valence-electron chi connectivity index (χ4n) is 3.67. The van der Waals surface area contributed by atoms with Crippen molar-refractivity contribution >= 4 is 23.9 Å². The van der Waals surface area contributed by atoms with E-state index in [1.807, 2.05) is 32.0 Å². The van der Waals surface area contributed by atoms with Gasteiger partial charge >= 0.3 is 12.1 Å². The first kappa shape index (κ1) is 29.9. The SMILES string of the molecule is CCOC(=O)CCNC(=O)C(c1c(C)cccc1C)N(C)C(=O)C(NC(=O)OC(C)(C)C)C(C)C. The molecule has 1 aromatic rings. The molecule has 0 bridgehead atoms. The molecular formula is C26H41N3O6. The van der Waals surface area contributed by atoms with E-state index in [2.05, 4.69) is 10.6 Å². The molecule has 0 saturated heterocycles. The van der Waals surface area contributed by atoms with Crippen molar-refractivity contribution in [1.82, 2.24) is 15.5 Å². The van der Waals surface area contributed by atoms with Gasteiger partial charge in [-0.1, -0.05) is 32.0 Å². The average Bonchev–Trinajstić information content (AvgIpc) is 2.72. The Balaban J connectivity index is 3.25. The molecule has 2 unspecified atom stereocenters. The maximum absolute atomic E-state index is 13.6. The summed E-state index contributed by atoms with van der Waals surface area (Å²) in [6.07, 6.45) is -0.689. The van der Waals surface area contributed by atoms with E-state index < -0.39 is 41.6 Å². The number of ether oxygens (including phenoxy) is 2. The number of benzene rings is 1. The third-order valence-electron chi connectivity index (χ3n) is 5.34. The van der Waals surface area contributed by atoms with Crippen LogP contribution in [0.4, 0.5) is 4.79 Å². The van der Waals surface area contributed by atoms with Crippen molar-refractivity contribution < 1.29 is 28.7 Å². The highest BCUT2D eigenvalue weighted by Crippen LogP contribution is 2.28. The van der Waals surface area contributed by atoms with Crippen molar-refractivity contribution in [2.45, 2.75) is 79.5 Å². The Bertz CT molecular complexity index is 887. The van der Waals surface area contributed by atoms with Crippen molar-refractivity contribution in [3.05, 3.63) is 34.9 Å². The van der Waals surface area contributed by atoms with Gasteiger partial charge in [-0.2, -0.15) is 0 Å². The number of carbonyl (C=O) groups excluding carboxylic acids is 4. The summed E-state index contributed by atoms with van der Waals surface area (Å²) in [7, 11) is 1.54. The highest BCUT2D eigenvalue weighted by Gasteiger charge is 2.36. The maximum Gasteiger partial charge on any atom is 0.408 e. The van der Waals surface area contributed by atoms with Crippen molar-refractivity contribution in [3.8, 4) is 0 Å². The van der Waals surface area contributed by atoms with Crippen molar-refractivity contribution in [3.63, 3.8) is 0 Å². The van der Waals surface area contributed by atoms with Crippen LogP contribution < -0.4 is 10.6 Å². The predicted octanol–water partition coefficient (Wildman–Crippen LogP) is 3.42. The van der Waals surface area contributed by atoms with E-state index in [1.165, 1.54) is 11.9 Å².